The summed E-state index contributed by atoms with van der Waals surface area (Å²) >= 11 is 8.83. The first kappa shape index (κ1) is 31.3. The predicted molar refractivity (Wildman–Crippen MR) is 157 cm³/mol. The number of nitriles is 2. The van der Waals surface area contributed by atoms with Gasteiger partial charge < -0.3 is 20.4 Å². The van der Waals surface area contributed by atoms with Crippen molar-refractivity contribution in [2.75, 3.05) is 18.9 Å². The van der Waals surface area contributed by atoms with Gasteiger partial charge in [0.2, 0.25) is 0 Å². The Bertz CT molecular complexity index is 1450. The quantitative estimate of drug-likeness (QED) is 0.228. The number of aliphatic hydroxyl groups excluding tert-OH is 1. The van der Waals surface area contributed by atoms with Crippen LogP contribution in [0.15, 0.2) is 58.9 Å². The van der Waals surface area contributed by atoms with Crippen LogP contribution in [0.1, 0.15) is 30.7 Å². The summed E-state index contributed by atoms with van der Waals surface area (Å²) in [5, 5.41) is 32.6. The highest BCUT2D eigenvalue weighted by Crippen LogP contribution is 2.37. The number of hydrogen-bond acceptors (Lipinski definition) is 10. The number of aromatic nitrogens is 2. The SMILES string of the molecule is C=O.CC.N#Cc1c(N)nc(SCc2csc(-c3ccc(Cl)cc3)n2)c(C#N)c1-c1ccc(OCCO)cc1. The molecule has 3 N–H and O–H groups in total. The third-order valence-corrected chi connectivity index (χ3v) is 7.12. The van der Waals surface area contributed by atoms with Crippen molar-refractivity contribution in [3.05, 3.63) is 75.8 Å². The van der Waals surface area contributed by atoms with Crippen LogP contribution in [-0.4, -0.2) is 35.1 Å². The summed E-state index contributed by atoms with van der Waals surface area (Å²) in [4.78, 5) is 17.0. The minimum Gasteiger partial charge on any atom is -0.491 e. The Morgan fingerprint density at radius 2 is 1.64 bits per heavy atom. The largest absolute Gasteiger partial charge is 0.491 e. The van der Waals surface area contributed by atoms with Crippen LogP contribution in [0, 0.1) is 22.7 Å². The molecule has 0 spiro atoms. The number of carbonyl (C=O) groups is 1. The number of aliphatic hydroxyl groups is 1. The van der Waals surface area contributed by atoms with Crippen molar-refractivity contribution in [2.45, 2.75) is 24.6 Å². The second-order valence-corrected chi connectivity index (χ2v) is 9.45. The molecular weight excluding hydrogens is 554 g/mol. The number of nitrogen functional groups attached to an aromatic ring is 1. The molecule has 11 heteroatoms. The normalized spacial score (nSPS) is 9.69. The first-order valence-electron chi connectivity index (χ1n) is 11.6. The molecule has 0 radical (unpaired) electrons. The van der Waals surface area contributed by atoms with E-state index < -0.39 is 0 Å². The number of anilines is 1. The maximum atomic E-state index is 9.98. The lowest BCUT2D eigenvalue weighted by Gasteiger charge is -2.13. The summed E-state index contributed by atoms with van der Waals surface area (Å²) in [5.74, 6) is 1.10. The summed E-state index contributed by atoms with van der Waals surface area (Å²) in [7, 11) is 0. The Labute approximate surface area is 240 Å². The molecule has 0 saturated carbocycles. The van der Waals surface area contributed by atoms with E-state index in [1.807, 2.05) is 50.3 Å². The number of thiazole rings is 1. The molecule has 2 heterocycles. The minimum atomic E-state index is -0.0967. The van der Waals surface area contributed by atoms with E-state index in [0.717, 1.165) is 16.3 Å². The van der Waals surface area contributed by atoms with Crippen LogP contribution in [-0.2, 0) is 10.5 Å². The molecule has 0 aliphatic carbocycles. The van der Waals surface area contributed by atoms with E-state index >= 15 is 0 Å². The summed E-state index contributed by atoms with van der Waals surface area (Å²) in [6.45, 7) is 6.08. The number of hydrogen-bond donors (Lipinski definition) is 2. The maximum Gasteiger partial charge on any atom is 0.143 e. The number of rotatable bonds is 8. The van der Waals surface area contributed by atoms with E-state index in [0.29, 0.717) is 32.7 Å². The fourth-order valence-corrected chi connectivity index (χ4v) is 5.26. The molecule has 39 heavy (non-hydrogen) atoms. The van der Waals surface area contributed by atoms with E-state index in [-0.39, 0.29) is 30.2 Å². The Hall–Kier alpha value is -3.93. The number of halogens is 1. The molecule has 0 saturated heterocycles. The minimum absolute atomic E-state index is 0.0599. The molecule has 4 rings (SSSR count). The lowest BCUT2D eigenvalue weighted by molar-refractivity contribution is -0.0980. The van der Waals surface area contributed by atoms with Gasteiger partial charge in [0.15, 0.2) is 0 Å². The van der Waals surface area contributed by atoms with E-state index in [9.17, 15) is 10.5 Å². The van der Waals surface area contributed by atoms with Gasteiger partial charge in [-0.2, -0.15) is 10.5 Å². The fraction of sp³-hybridized carbons (Fsp3) is 0.179. The number of carbonyl (C=O) groups excluding carboxylic acids is 1. The summed E-state index contributed by atoms with van der Waals surface area (Å²) < 4.78 is 5.40. The topological polar surface area (TPSA) is 146 Å². The molecule has 0 unspecified atom stereocenters. The van der Waals surface area contributed by atoms with Crippen LogP contribution in [0.25, 0.3) is 21.7 Å². The van der Waals surface area contributed by atoms with E-state index in [2.05, 4.69) is 22.1 Å². The van der Waals surface area contributed by atoms with Crippen LogP contribution in [0.3, 0.4) is 0 Å². The van der Waals surface area contributed by atoms with Gasteiger partial charge in [0.1, 0.15) is 52.7 Å². The molecule has 8 nitrogen and oxygen atoms in total. The van der Waals surface area contributed by atoms with Gasteiger partial charge in [-0.1, -0.05) is 61.5 Å². The molecule has 200 valence electrons. The van der Waals surface area contributed by atoms with Crippen LogP contribution in [0.2, 0.25) is 5.02 Å². The third-order valence-electron chi connectivity index (χ3n) is 4.92. The molecule has 2 aromatic carbocycles. The second kappa shape index (κ2) is 16.1. The molecule has 0 atom stereocenters. The van der Waals surface area contributed by atoms with Gasteiger partial charge in [0, 0.05) is 27.3 Å². The van der Waals surface area contributed by atoms with Crippen molar-refractivity contribution < 1.29 is 14.6 Å². The van der Waals surface area contributed by atoms with Crippen molar-refractivity contribution in [3.8, 4) is 39.6 Å². The van der Waals surface area contributed by atoms with Crippen LogP contribution in [0.4, 0.5) is 5.82 Å². The van der Waals surface area contributed by atoms with Crippen molar-refractivity contribution >= 4 is 47.3 Å². The molecule has 4 aromatic rings. The van der Waals surface area contributed by atoms with Crippen molar-refractivity contribution in [2.24, 2.45) is 0 Å². The molecular formula is C28H26ClN5O3S2. The average Bonchev–Trinajstić information content (AvgIpc) is 3.46. The molecule has 0 bridgehead atoms. The molecule has 0 aliphatic rings. The Morgan fingerprint density at radius 3 is 2.23 bits per heavy atom. The van der Waals surface area contributed by atoms with E-state index in [4.69, 9.17) is 32.0 Å². The zero-order chi connectivity index (χ0) is 28.8. The zero-order valence-corrected chi connectivity index (χ0v) is 23.7. The van der Waals surface area contributed by atoms with Gasteiger partial charge in [-0.15, -0.1) is 11.3 Å². The molecule has 0 fully saturated rings. The number of nitrogens with two attached hydrogens (primary N) is 1. The number of nitrogens with zero attached hydrogens (tertiary/aromatic N) is 4. The zero-order valence-electron chi connectivity index (χ0n) is 21.3. The van der Waals surface area contributed by atoms with Gasteiger partial charge in [0.25, 0.3) is 0 Å². The molecule has 0 amide bonds. The highest BCUT2D eigenvalue weighted by molar-refractivity contribution is 7.98. The first-order chi connectivity index (χ1) is 19.0. The van der Waals surface area contributed by atoms with Crippen LogP contribution < -0.4 is 10.5 Å². The third kappa shape index (κ3) is 8.03. The number of pyridine rings is 1. The summed E-state index contributed by atoms with van der Waals surface area (Å²) in [6, 6.07) is 18.7. The van der Waals surface area contributed by atoms with Crippen molar-refractivity contribution in [3.63, 3.8) is 0 Å². The molecule has 0 aliphatic heterocycles. The van der Waals surface area contributed by atoms with E-state index in [1.165, 1.54) is 23.1 Å². The monoisotopic (exact) mass is 579 g/mol. The van der Waals surface area contributed by atoms with Crippen LogP contribution in [0.5, 0.6) is 5.75 Å². The van der Waals surface area contributed by atoms with Gasteiger partial charge in [-0.05, 0) is 29.8 Å². The lowest BCUT2D eigenvalue weighted by atomic mass is 9.97. The van der Waals surface area contributed by atoms with Gasteiger partial charge in [0.05, 0.1) is 17.9 Å². The van der Waals surface area contributed by atoms with Gasteiger partial charge in [-0.25, -0.2) is 9.97 Å². The van der Waals surface area contributed by atoms with Crippen molar-refractivity contribution in [1.29, 1.82) is 10.5 Å². The van der Waals surface area contributed by atoms with Gasteiger partial charge >= 0.3 is 0 Å². The average molecular weight is 580 g/mol. The van der Waals surface area contributed by atoms with Gasteiger partial charge in [-0.3, -0.25) is 0 Å². The number of ether oxygens (including phenoxy) is 1. The highest BCUT2D eigenvalue weighted by Gasteiger charge is 2.21. The first-order valence-corrected chi connectivity index (χ1v) is 13.9. The Morgan fingerprint density at radius 1 is 1.03 bits per heavy atom. The summed E-state index contributed by atoms with van der Waals surface area (Å²) in [5.41, 5.74) is 9.43. The number of thioether (sulfide) groups is 1. The van der Waals surface area contributed by atoms with E-state index in [1.54, 1.807) is 24.3 Å². The second-order valence-electron chi connectivity index (χ2n) is 7.19. The summed E-state index contributed by atoms with van der Waals surface area (Å²) in [6.07, 6.45) is 0. The maximum absolute atomic E-state index is 9.98. The standard InChI is InChI=1S/C25H18ClN5O2S2.C2H6.CH2O/c26-17-5-1-16(2-6-17)24-30-18(13-34-24)14-35-25-21(12-28)22(20(11-27)23(29)31-25)15-3-7-19(8-4-15)33-10-9-32;2*1-2/h1-8,13,32H,9-10,14H2,(H2,29,31);1-2H3;1H2. The number of benzene rings is 2. The van der Waals surface area contributed by atoms with Crippen molar-refractivity contribution in [1.82, 2.24) is 9.97 Å². The fourth-order valence-electron chi connectivity index (χ4n) is 3.31. The lowest BCUT2D eigenvalue weighted by Crippen LogP contribution is -2.04. The highest BCUT2D eigenvalue weighted by atomic mass is 35.5. The Balaban J connectivity index is 0.00000127. The van der Waals surface area contributed by atoms with Crippen LogP contribution >= 0.6 is 34.7 Å². The predicted octanol–water partition coefficient (Wildman–Crippen LogP) is 6.36. The Kier molecular flexibility index (Phi) is 12.9. The smallest absolute Gasteiger partial charge is 0.143 e. The molecule has 2 aromatic heterocycles.